The smallest absolute Gasteiger partial charge is 0.252 e. The standard InChI is InChI=1S/C58H80N10O8/c1-33(59-9)49(69)65-47(57(3,4)5)55(75)67-31-37(29-45(67)53(73)63-43-27-17-21-35-19-11-13-23-39(35)43)61-51(71)41-25-15-16-26-42(41)52(72)62-38-30-46(54(74)64-44-28-18-22-36-20-12-14-24-40(36)44)68(32-38)56(76)48(58(6,7)8)66-50(70)34(2)60-10/h11-16,19-20,23-26,33-34,37-38,43-48,59-60H,17-18,21-22,27-32H2,1-10H3,(H,61,71)(H,62,72)(H,63,73)(H,64,74)(H,65,69)(H,66,70)/t33-,34-,37-,38-,43+,44+,45-,46-,47+,48+/m0/s1. The van der Waals surface area contributed by atoms with Crippen LogP contribution < -0.4 is 42.5 Å². The molecule has 3 aromatic carbocycles. The van der Waals surface area contributed by atoms with E-state index in [1.165, 1.54) is 21.9 Å². The molecule has 2 aliphatic carbocycles. The highest BCUT2D eigenvalue weighted by Crippen LogP contribution is 2.34. The molecule has 2 aliphatic heterocycles. The molecule has 3 aromatic rings. The average molecular weight is 1050 g/mol. The Labute approximate surface area is 447 Å². The van der Waals surface area contributed by atoms with Gasteiger partial charge in [-0.05, 0) is 125 Å². The SMILES string of the molecule is CN[C@@H](C)C(=O)N[C@H](C(=O)N1C[C@@H](NC(=O)c2ccccc2C(=O)N[C@H]2C[C@@H](C(=O)N[C@@H]3CCCc4ccccc43)N(C(=O)[C@@H](NC(=O)[C@H](C)NC)C(C)(C)C)C2)C[C@H]1C(=O)N[C@@H]1CCCc2ccccc21)C(C)(C)C. The largest absolute Gasteiger partial charge is 0.347 e. The Hall–Kier alpha value is -6.66. The van der Waals surface area contributed by atoms with E-state index in [0.29, 0.717) is 0 Å². The minimum absolute atomic E-state index is 0.0378. The first kappa shape index (κ1) is 57.1. The fourth-order valence-electron chi connectivity index (χ4n) is 11.0. The van der Waals surface area contributed by atoms with Crippen LogP contribution in [-0.2, 0) is 41.6 Å². The van der Waals surface area contributed by atoms with Gasteiger partial charge in [0.15, 0.2) is 0 Å². The number of benzene rings is 3. The van der Waals surface area contributed by atoms with Gasteiger partial charge >= 0.3 is 0 Å². The van der Waals surface area contributed by atoms with Crippen LogP contribution in [0.2, 0.25) is 0 Å². The van der Waals surface area contributed by atoms with E-state index in [0.717, 1.165) is 60.8 Å². The molecule has 18 heteroatoms. The minimum atomic E-state index is -1.02. The van der Waals surface area contributed by atoms with Crippen molar-refractivity contribution < 1.29 is 38.4 Å². The third-order valence-corrected chi connectivity index (χ3v) is 15.7. The van der Waals surface area contributed by atoms with Crippen LogP contribution in [-0.4, -0.2) is 133 Å². The van der Waals surface area contributed by atoms with Crippen LogP contribution in [0.3, 0.4) is 0 Å². The zero-order valence-electron chi connectivity index (χ0n) is 45.9. The lowest BCUT2D eigenvalue weighted by Crippen LogP contribution is -2.59. The molecule has 4 aliphatic rings. The lowest BCUT2D eigenvalue weighted by molar-refractivity contribution is -0.144. The van der Waals surface area contributed by atoms with Crippen molar-refractivity contribution in [3.05, 3.63) is 106 Å². The van der Waals surface area contributed by atoms with E-state index < -0.39 is 82.8 Å². The summed E-state index contributed by atoms with van der Waals surface area (Å²) >= 11 is 0. The van der Waals surface area contributed by atoms with Gasteiger partial charge in [0.25, 0.3) is 11.8 Å². The highest BCUT2D eigenvalue weighted by atomic mass is 16.2. The van der Waals surface area contributed by atoms with Crippen LogP contribution in [0.15, 0.2) is 72.8 Å². The second-order valence-corrected chi connectivity index (χ2v) is 23.3. The molecule has 0 aromatic heterocycles. The summed E-state index contributed by atoms with van der Waals surface area (Å²) < 4.78 is 0. The van der Waals surface area contributed by atoms with Gasteiger partial charge in [-0.25, -0.2) is 0 Å². The number of carbonyl (C=O) groups is 8. The number of nitrogens with one attached hydrogen (secondary N) is 8. The van der Waals surface area contributed by atoms with Gasteiger partial charge in [0.1, 0.15) is 24.2 Å². The summed E-state index contributed by atoms with van der Waals surface area (Å²) in [5.74, 6) is -3.67. The Morgan fingerprint density at radius 3 is 1.22 bits per heavy atom. The summed E-state index contributed by atoms with van der Waals surface area (Å²) in [5.41, 5.74) is 2.91. The Balaban J connectivity index is 1.12. The number of hydrogen-bond acceptors (Lipinski definition) is 10. The van der Waals surface area contributed by atoms with Gasteiger partial charge in [0, 0.05) is 25.2 Å². The molecular formula is C58H80N10O8. The first-order valence-corrected chi connectivity index (χ1v) is 27.0. The average Bonchev–Trinajstić information content (AvgIpc) is 4.03. The second-order valence-electron chi connectivity index (χ2n) is 23.3. The van der Waals surface area contributed by atoms with Crippen molar-refractivity contribution in [1.82, 2.24) is 52.3 Å². The van der Waals surface area contributed by atoms with Crippen molar-refractivity contribution in [3.63, 3.8) is 0 Å². The quantitative estimate of drug-likeness (QED) is 0.103. The molecule has 7 rings (SSSR count). The fraction of sp³-hybridized carbons (Fsp3) is 0.552. The Morgan fingerprint density at radius 2 is 0.868 bits per heavy atom. The molecule has 0 bridgehead atoms. The molecule has 18 nitrogen and oxygen atoms in total. The number of amides is 8. The number of rotatable bonds is 16. The summed E-state index contributed by atoms with van der Waals surface area (Å²) in [6.07, 6.45) is 5.10. The first-order chi connectivity index (χ1) is 36.0. The number of fused-ring (bicyclic) bond motifs is 2. The monoisotopic (exact) mass is 1040 g/mol. The van der Waals surface area contributed by atoms with Crippen LogP contribution in [0.4, 0.5) is 0 Å². The Morgan fingerprint density at radius 1 is 0.513 bits per heavy atom. The van der Waals surface area contributed by atoms with E-state index in [-0.39, 0.29) is 72.8 Å². The molecule has 2 fully saturated rings. The molecule has 10 atom stereocenters. The van der Waals surface area contributed by atoms with Crippen molar-refractivity contribution in [2.75, 3.05) is 27.2 Å². The third-order valence-electron chi connectivity index (χ3n) is 15.7. The van der Waals surface area contributed by atoms with Gasteiger partial charge in [-0.1, -0.05) is 102 Å². The molecule has 2 saturated heterocycles. The van der Waals surface area contributed by atoms with Gasteiger partial charge in [0.2, 0.25) is 35.4 Å². The number of aryl methyl sites for hydroxylation is 2. The van der Waals surface area contributed by atoms with Gasteiger partial charge < -0.3 is 52.3 Å². The van der Waals surface area contributed by atoms with E-state index in [2.05, 4.69) is 54.7 Å². The van der Waals surface area contributed by atoms with E-state index in [1.807, 2.05) is 77.9 Å². The van der Waals surface area contributed by atoms with E-state index >= 15 is 0 Å². The lowest BCUT2D eigenvalue weighted by Gasteiger charge is -2.36. The number of likely N-dealkylation sites (tertiary alicyclic amines) is 2. The van der Waals surface area contributed by atoms with Crippen molar-refractivity contribution in [2.45, 2.75) is 167 Å². The molecule has 0 spiro atoms. The second kappa shape index (κ2) is 24.1. The molecule has 8 amide bonds. The maximum absolute atomic E-state index is 14.8. The highest BCUT2D eigenvalue weighted by molar-refractivity contribution is 6.07. The summed E-state index contributed by atoms with van der Waals surface area (Å²) in [4.78, 5) is 117. The Bertz CT molecular complexity index is 2480. The first-order valence-electron chi connectivity index (χ1n) is 27.0. The van der Waals surface area contributed by atoms with Crippen molar-refractivity contribution in [1.29, 1.82) is 0 Å². The summed E-state index contributed by atoms with van der Waals surface area (Å²) in [6, 6.07) is 15.0. The molecule has 0 radical (unpaired) electrons. The van der Waals surface area contributed by atoms with Crippen LogP contribution >= 0.6 is 0 Å². The lowest BCUT2D eigenvalue weighted by atomic mass is 9.85. The van der Waals surface area contributed by atoms with Gasteiger partial charge in [0.05, 0.1) is 35.3 Å². The topological polar surface area (TPSA) is 239 Å². The summed E-state index contributed by atoms with van der Waals surface area (Å²) in [6.45, 7) is 14.3. The third kappa shape index (κ3) is 13.1. The van der Waals surface area contributed by atoms with Crippen molar-refractivity contribution >= 4 is 47.3 Å². The van der Waals surface area contributed by atoms with Gasteiger partial charge in [-0.3, -0.25) is 38.4 Å². The molecule has 410 valence electrons. The maximum Gasteiger partial charge on any atom is 0.252 e. The predicted molar refractivity (Wildman–Crippen MR) is 290 cm³/mol. The predicted octanol–water partition coefficient (Wildman–Crippen LogP) is 3.75. The molecule has 0 saturated carbocycles. The number of nitrogens with zero attached hydrogens (tertiary/aromatic N) is 2. The van der Waals surface area contributed by atoms with E-state index in [9.17, 15) is 38.4 Å². The van der Waals surface area contributed by atoms with Crippen LogP contribution in [0.1, 0.15) is 149 Å². The summed E-state index contributed by atoms with van der Waals surface area (Å²) in [7, 11) is 3.30. The van der Waals surface area contributed by atoms with Crippen LogP contribution in [0, 0.1) is 10.8 Å². The molecule has 8 N–H and O–H groups in total. The molecule has 0 unspecified atom stereocenters. The van der Waals surface area contributed by atoms with Crippen molar-refractivity contribution in [3.8, 4) is 0 Å². The number of carbonyl (C=O) groups excluding carboxylic acids is 8. The minimum Gasteiger partial charge on any atom is -0.347 e. The Kier molecular flexibility index (Phi) is 18.1. The fourth-order valence-corrected chi connectivity index (χ4v) is 11.0. The zero-order valence-corrected chi connectivity index (χ0v) is 45.9. The van der Waals surface area contributed by atoms with E-state index in [4.69, 9.17) is 0 Å². The van der Waals surface area contributed by atoms with Crippen LogP contribution in [0.5, 0.6) is 0 Å². The molecule has 76 heavy (non-hydrogen) atoms. The normalized spacial score (nSPS) is 22.9. The van der Waals surface area contributed by atoms with Gasteiger partial charge in [-0.2, -0.15) is 0 Å². The van der Waals surface area contributed by atoms with Crippen molar-refractivity contribution in [2.24, 2.45) is 10.8 Å². The maximum atomic E-state index is 14.8. The number of likely N-dealkylation sites (N-methyl/N-ethyl adjacent to an activating group) is 2. The van der Waals surface area contributed by atoms with Gasteiger partial charge in [-0.15, -0.1) is 0 Å². The van der Waals surface area contributed by atoms with Crippen LogP contribution in [0.25, 0.3) is 0 Å². The zero-order chi connectivity index (χ0) is 55.2. The molecule has 2 heterocycles. The molecular weight excluding hydrogens is 965 g/mol. The summed E-state index contributed by atoms with van der Waals surface area (Å²) in [5, 5.41) is 24.1. The highest BCUT2D eigenvalue weighted by Gasteiger charge is 2.48. The number of hydrogen-bond donors (Lipinski definition) is 8. The van der Waals surface area contributed by atoms with E-state index in [1.54, 1.807) is 40.1 Å².